The minimum absolute atomic E-state index is 0.0458. The van der Waals surface area contributed by atoms with Crippen molar-refractivity contribution in [1.82, 2.24) is 4.90 Å². The third-order valence-electron chi connectivity index (χ3n) is 6.63. The molecule has 0 saturated heterocycles. The summed E-state index contributed by atoms with van der Waals surface area (Å²) in [5.74, 6) is 1.98. The molecule has 4 aromatic rings. The molecule has 0 fully saturated rings. The highest BCUT2D eigenvalue weighted by Gasteiger charge is 2.33. The molecule has 0 bridgehead atoms. The van der Waals surface area contributed by atoms with Crippen LogP contribution in [0.15, 0.2) is 97.1 Å². The number of carbonyl (C=O) groups is 1. The number of nitrogens with zero attached hydrogens (tertiary/aromatic N) is 1. The number of hydrogen-bond donors (Lipinski definition) is 0. The van der Waals surface area contributed by atoms with Gasteiger partial charge in [0.2, 0.25) is 0 Å². The minimum Gasteiger partial charge on any atom is -0.493 e. The normalized spacial score (nSPS) is 14.6. The van der Waals surface area contributed by atoms with Crippen LogP contribution in [-0.2, 0) is 11.2 Å². The van der Waals surface area contributed by atoms with Crippen LogP contribution in [-0.4, -0.2) is 38.2 Å². The largest absolute Gasteiger partial charge is 0.493 e. The van der Waals surface area contributed by atoms with Crippen LogP contribution in [0.2, 0.25) is 0 Å². The van der Waals surface area contributed by atoms with Gasteiger partial charge in [0.05, 0.1) is 20.3 Å². The quantitative estimate of drug-likeness (QED) is 0.330. The lowest BCUT2D eigenvalue weighted by molar-refractivity contribution is -0.135. The van der Waals surface area contributed by atoms with Crippen LogP contribution in [0.25, 0.3) is 11.1 Å². The van der Waals surface area contributed by atoms with Crippen molar-refractivity contribution in [1.29, 1.82) is 0 Å². The first-order chi connectivity index (χ1) is 17.7. The molecular weight excluding hydrogens is 450 g/mol. The van der Waals surface area contributed by atoms with Gasteiger partial charge in [-0.3, -0.25) is 4.79 Å². The fourth-order valence-electron chi connectivity index (χ4n) is 4.88. The average molecular weight is 480 g/mol. The average Bonchev–Trinajstić information content (AvgIpc) is 2.95. The summed E-state index contributed by atoms with van der Waals surface area (Å²) in [6, 6.07) is 31.8. The molecule has 1 amide bonds. The van der Waals surface area contributed by atoms with Gasteiger partial charge in [-0.25, -0.2) is 0 Å². The number of methoxy groups -OCH3 is 2. The first kappa shape index (κ1) is 23.5. The van der Waals surface area contributed by atoms with Gasteiger partial charge in [0.25, 0.3) is 5.91 Å². The summed E-state index contributed by atoms with van der Waals surface area (Å²) in [5, 5.41) is 0. The number of carbonyl (C=O) groups excluding carboxylic acids is 1. The number of rotatable bonds is 7. The predicted molar refractivity (Wildman–Crippen MR) is 141 cm³/mol. The zero-order valence-electron chi connectivity index (χ0n) is 20.5. The summed E-state index contributed by atoms with van der Waals surface area (Å²) >= 11 is 0. The van der Waals surface area contributed by atoms with Gasteiger partial charge in [0.15, 0.2) is 18.1 Å². The molecule has 182 valence electrons. The third-order valence-corrected chi connectivity index (χ3v) is 6.63. The second-order valence-electron chi connectivity index (χ2n) is 8.71. The molecule has 0 N–H and O–H groups in total. The first-order valence-corrected chi connectivity index (χ1v) is 12.1. The Morgan fingerprint density at radius 1 is 0.806 bits per heavy atom. The highest BCUT2D eigenvalue weighted by molar-refractivity contribution is 5.80. The summed E-state index contributed by atoms with van der Waals surface area (Å²) in [5.41, 5.74) is 5.26. The maximum absolute atomic E-state index is 13.6. The molecule has 0 saturated carbocycles. The van der Waals surface area contributed by atoms with Gasteiger partial charge in [-0.15, -0.1) is 0 Å². The van der Waals surface area contributed by atoms with Crippen LogP contribution in [0, 0.1) is 0 Å². The van der Waals surface area contributed by atoms with Gasteiger partial charge < -0.3 is 19.1 Å². The van der Waals surface area contributed by atoms with E-state index in [4.69, 9.17) is 14.2 Å². The fourth-order valence-corrected chi connectivity index (χ4v) is 4.88. The minimum atomic E-state index is -0.241. The van der Waals surface area contributed by atoms with Crippen molar-refractivity contribution in [2.45, 2.75) is 12.5 Å². The van der Waals surface area contributed by atoms with Gasteiger partial charge in [0, 0.05) is 12.1 Å². The van der Waals surface area contributed by atoms with Crippen molar-refractivity contribution in [3.8, 4) is 28.4 Å². The number of fused-ring (bicyclic) bond motifs is 1. The van der Waals surface area contributed by atoms with Crippen molar-refractivity contribution in [3.63, 3.8) is 0 Å². The second kappa shape index (κ2) is 10.6. The van der Waals surface area contributed by atoms with Gasteiger partial charge >= 0.3 is 0 Å². The molecule has 1 aliphatic rings. The van der Waals surface area contributed by atoms with Gasteiger partial charge in [-0.05, 0) is 46.9 Å². The Morgan fingerprint density at radius 3 is 2.17 bits per heavy atom. The molecule has 0 aromatic heterocycles. The van der Waals surface area contributed by atoms with Crippen LogP contribution < -0.4 is 14.2 Å². The molecule has 1 atom stereocenters. The lowest BCUT2D eigenvalue weighted by Crippen LogP contribution is -2.43. The molecule has 5 rings (SSSR count). The molecule has 5 heteroatoms. The molecule has 0 unspecified atom stereocenters. The number of ether oxygens (including phenoxy) is 3. The number of hydrogen-bond acceptors (Lipinski definition) is 4. The number of benzene rings is 4. The van der Waals surface area contributed by atoms with E-state index < -0.39 is 0 Å². The zero-order chi connectivity index (χ0) is 24.9. The third kappa shape index (κ3) is 4.65. The maximum Gasteiger partial charge on any atom is 0.261 e. The number of para-hydroxylation sites is 1. The summed E-state index contributed by atoms with van der Waals surface area (Å²) in [7, 11) is 3.27. The number of amides is 1. The van der Waals surface area contributed by atoms with E-state index in [1.54, 1.807) is 14.2 Å². The SMILES string of the molecule is COc1cc2c(cc1OC)[C@@H](c1ccccc1)N(C(=O)COc1ccccc1-c1ccccc1)CC2. The van der Waals surface area contributed by atoms with Crippen LogP contribution >= 0.6 is 0 Å². The Bertz CT molecular complexity index is 1340. The van der Waals surface area contributed by atoms with E-state index in [-0.39, 0.29) is 18.6 Å². The standard InChI is InChI=1S/C31H29NO4/c1-34-28-19-24-17-18-32(31(23-13-7-4-8-14-23)26(24)20-29(28)35-2)30(33)21-36-27-16-10-9-15-25(27)22-11-5-3-6-12-22/h3-16,19-20,31H,17-18,21H2,1-2H3/t31-/m1/s1. The Labute approximate surface area is 211 Å². The summed E-state index contributed by atoms with van der Waals surface area (Å²) < 4.78 is 17.2. The highest BCUT2D eigenvalue weighted by Crippen LogP contribution is 2.41. The molecule has 5 nitrogen and oxygen atoms in total. The van der Waals surface area contributed by atoms with E-state index in [1.165, 1.54) is 0 Å². The summed E-state index contributed by atoms with van der Waals surface area (Å²) in [6.07, 6.45) is 0.728. The first-order valence-electron chi connectivity index (χ1n) is 12.1. The monoisotopic (exact) mass is 479 g/mol. The van der Waals surface area contributed by atoms with E-state index in [2.05, 4.69) is 12.1 Å². The lowest BCUT2D eigenvalue weighted by atomic mass is 9.87. The summed E-state index contributed by atoms with van der Waals surface area (Å²) in [4.78, 5) is 15.5. The Kier molecular flexibility index (Phi) is 6.89. The Hall–Kier alpha value is -4.25. The van der Waals surface area contributed by atoms with E-state index in [1.807, 2.05) is 89.8 Å². The molecule has 1 heterocycles. The molecule has 1 aliphatic heterocycles. The topological polar surface area (TPSA) is 48.0 Å². The van der Waals surface area contributed by atoms with Gasteiger partial charge in [-0.2, -0.15) is 0 Å². The second-order valence-corrected chi connectivity index (χ2v) is 8.71. The summed E-state index contributed by atoms with van der Waals surface area (Å²) in [6.45, 7) is 0.542. The van der Waals surface area contributed by atoms with Crippen molar-refractivity contribution in [2.24, 2.45) is 0 Å². The Morgan fingerprint density at radius 2 is 1.44 bits per heavy atom. The maximum atomic E-state index is 13.6. The molecule has 0 aliphatic carbocycles. The molecular formula is C31H29NO4. The fraction of sp³-hybridized carbons (Fsp3) is 0.194. The van der Waals surface area contributed by atoms with Crippen molar-refractivity contribution in [3.05, 3.63) is 114 Å². The molecule has 4 aromatic carbocycles. The smallest absolute Gasteiger partial charge is 0.261 e. The van der Waals surface area contributed by atoms with E-state index >= 15 is 0 Å². The van der Waals surface area contributed by atoms with E-state index in [0.717, 1.165) is 34.2 Å². The highest BCUT2D eigenvalue weighted by atomic mass is 16.5. The van der Waals surface area contributed by atoms with E-state index in [0.29, 0.717) is 23.8 Å². The van der Waals surface area contributed by atoms with Crippen LogP contribution in [0.3, 0.4) is 0 Å². The Balaban J connectivity index is 1.45. The van der Waals surface area contributed by atoms with Crippen molar-refractivity contribution >= 4 is 5.91 Å². The van der Waals surface area contributed by atoms with Crippen LogP contribution in [0.1, 0.15) is 22.7 Å². The van der Waals surface area contributed by atoms with Crippen molar-refractivity contribution < 1.29 is 19.0 Å². The molecule has 36 heavy (non-hydrogen) atoms. The predicted octanol–water partition coefficient (Wildman–Crippen LogP) is 5.92. The molecule has 0 radical (unpaired) electrons. The molecule has 0 spiro atoms. The van der Waals surface area contributed by atoms with Crippen LogP contribution in [0.5, 0.6) is 17.2 Å². The van der Waals surface area contributed by atoms with Gasteiger partial charge in [0.1, 0.15) is 5.75 Å². The van der Waals surface area contributed by atoms with Gasteiger partial charge in [-0.1, -0.05) is 78.9 Å². The van der Waals surface area contributed by atoms with Crippen molar-refractivity contribution in [2.75, 3.05) is 27.4 Å². The zero-order valence-corrected chi connectivity index (χ0v) is 20.5. The van der Waals surface area contributed by atoms with Crippen LogP contribution in [0.4, 0.5) is 0 Å². The lowest BCUT2D eigenvalue weighted by Gasteiger charge is -2.38. The van der Waals surface area contributed by atoms with E-state index in [9.17, 15) is 4.79 Å².